The number of aromatic nitrogens is 5. The number of hydrogen-bond donors (Lipinski definition) is 16. The largest absolute Gasteiger partial charge is 0.480 e. The molecule has 8 rings (SSSR count). The minimum absolute atomic E-state index is 0.0152. The van der Waals surface area contributed by atoms with Crippen LogP contribution in [0.15, 0.2) is 106 Å². The van der Waals surface area contributed by atoms with E-state index in [9.17, 15) is 96.1 Å². The Kier molecular flexibility index (Phi) is 28.5. The fraction of sp³-hybridized carbons (Fsp3) is 0.406. The van der Waals surface area contributed by atoms with Gasteiger partial charge in [-0.2, -0.15) is 26.3 Å². The molecule has 41 heteroatoms. The maximum atomic E-state index is 14.3. The van der Waals surface area contributed by atoms with Crippen molar-refractivity contribution in [3.8, 4) is 0 Å². The van der Waals surface area contributed by atoms with Crippen LogP contribution in [0.5, 0.6) is 0 Å². The third-order valence-corrected chi connectivity index (χ3v) is 22.9. The Balaban J connectivity index is 0.893. The number of sulfonamides is 2. The van der Waals surface area contributed by atoms with Gasteiger partial charge in [0.25, 0.3) is 26.1 Å². The lowest BCUT2D eigenvalue weighted by atomic mass is 9.92. The van der Waals surface area contributed by atoms with Gasteiger partial charge in [0, 0.05) is 112 Å². The zero-order valence-corrected chi connectivity index (χ0v) is 63.9. The van der Waals surface area contributed by atoms with Crippen LogP contribution < -0.4 is 62.7 Å². The molecule has 1 aliphatic rings. The number of rotatable bonds is 40. The molecule has 0 bridgehead atoms. The molecule has 0 radical (unpaired) electrons. The number of nitrogens with two attached hydrogens (primary N) is 1. The Morgan fingerprint density at radius 2 is 1.15 bits per heavy atom. The van der Waals surface area contributed by atoms with Gasteiger partial charge in [-0.1, -0.05) is 47.5 Å². The molecular formula is C69H88N16O21S4. The highest BCUT2D eigenvalue weighted by atomic mass is 32.2. The van der Waals surface area contributed by atoms with Crippen molar-refractivity contribution in [1.29, 1.82) is 0 Å². The number of H-pyrrole nitrogens is 2. The summed E-state index contributed by atoms with van der Waals surface area (Å²) in [6, 6.07) is 6.07. The number of aryl methyl sites for hydroxylation is 7. The molecule has 110 heavy (non-hydrogen) atoms. The molecule has 1 aliphatic heterocycles. The van der Waals surface area contributed by atoms with Crippen LogP contribution in [-0.4, -0.2) is 199 Å². The smallest absolute Gasteiger partial charge is 0.323 e. The molecule has 0 fully saturated rings. The Hall–Kier alpha value is -10.5. The summed E-state index contributed by atoms with van der Waals surface area (Å²) in [5.41, 5.74) is 9.87. The van der Waals surface area contributed by atoms with Crippen molar-refractivity contribution in [3.63, 3.8) is 0 Å². The summed E-state index contributed by atoms with van der Waals surface area (Å²) in [6.45, 7) is 8.13. The van der Waals surface area contributed by atoms with Gasteiger partial charge in [-0.25, -0.2) is 26.8 Å². The number of aromatic amines is 2. The molecule has 0 aliphatic carbocycles. The van der Waals surface area contributed by atoms with Gasteiger partial charge in [-0.05, 0) is 131 Å². The van der Waals surface area contributed by atoms with Crippen molar-refractivity contribution in [2.75, 3.05) is 53.2 Å². The van der Waals surface area contributed by atoms with Crippen LogP contribution in [0.4, 0.5) is 17.6 Å². The van der Waals surface area contributed by atoms with Gasteiger partial charge in [0.1, 0.15) is 35.5 Å². The van der Waals surface area contributed by atoms with Crippen LogP contribution in [0.1, 0.15) is 110 Å². The topological polar surface area (TPSA) is 571 Å². The number of Topliss-reactive ketones (excluding diaryl/α,β-unsaturated/α-hetero) is 1. The van der Waals surface area contributed by atoms with Crippen LogP contribution in [0.3, 0.4) is 0 Å². The lowest BCUT2D eigenvalue weighted by molar-refractivity contribution is -0.139. The zero-order valence-electron chi connectivity index (χ0n) is 60.7. The second-order valence-corrected chi connectivity index (χ2v) is 33.0. The first-order valence-electron chi connectivity index (χ1n) is 34.5. The monoisotopic (exact) mass is 1600 g/mol. The Bertz CT molecular complexity index is 5110. The van der Waals surface area contributed by atoms with Gasteiger partial charge in [-0.15, -0.1) is 0 Å². The van der Waals surface area contributed by atoms with Crippen molar-refractivity contribution in [2.24, 2.45) is 5.73 Å². The number of carboxylic acid groups (broad SMARTS) is 2. The summed E-state index contributed by atoms with van der Waals surface area (Å²) >= 11 is 0. The highest BCUT2D eigenvalue weighted by Gasteiger charge is 2.38. The van der Waals surface area contributed by atoms with Gasteiger partial charge in [0.05, 0.1) is 27.1 Å². The summed E-state index contributed by atoms with van der Waals surface area (Å²) in [7, 11) is -18.8. The molecule has 0 saturated carbocycles. The molecule has 594 valence electrons. The summed E-state index contributed by atoms with van der Waals surface area (Å²) in [6.07, 6.45) is 5.79. The van der Waals surface area contributed by atoms with E-state index in [-0.39, 0.29) is 90.4 Å². The Morgan fingerprint density at radius 1 is 0.618 bits per heavy atom. The average Bonchev–Trinajstić information content (AvgIpc) is 0.811. The summed E-state index contributed by atoms with van der Waals surface area (Å²) in [4.78, 5) is 137. The number of ketones is 1. The highest BCUT2D eigenvalue weighted by Crippen LogP contribution is 2.33. The van der Waals surface area contributed by atoms with Gasteiger partial charge in [0.2, 0.25) is 49.1 Å². The number of anilines is 3. The number of hydrogen-bond acceptors (Lipinski definition) is 23. The SMILES string of the molecule is Cc1cc(C)c(S(=O)(=O)N[C@@H](CNC(=O)c2cn(CCCNC(=O)[C@H](CS(=O)(=O)O)NC(=O)CC[C@H](N)C(=O)N[C@H](CCCCN3c4cc(CNc5ncc[nH]5)ccc4C(=O)CC3C(=O)NC[C@H](NS(=O)(=O)c3c(C)cc(C)cc3C)C(=O)O)CS(=O)(=O)O)c3cc(CNc4ncc[nH]4)ccc3c2=O)C(=O)O)c(C)c1. The van der Waals surface area contributed by atoms with E-state index in [4.69, 9.17) is 5.73 Å². The first-order chi connectivity index (χ1) is 51.7. The van der Waals surface area contributed by atoms with E-state index < -0.39 is 179 Å². The van der Waals surface area contributed by atoms with E-state index >= 15 is 0 Å². The summed E-state index contributed by atoms with van der Waals surface area (Å²) in [5.74, 6) is -10.3. The number of benzene rings is 4. The fourth-order valence-electron chi connectivity index (χ4n) is 13.0. The summed E-state index contributed by atoms with van der Waals surface area (Å²) in [5, 5.41) is 38.4. The maximum absolute atomic E-state index is 14.3. The summed E-state index contributed by atoms with van der Waals surface area (Å²) < 4.78 is 129. The van der Waals surface area contributed by atoms with Crippen LogP contribution in [-0.2, 0) is 88.7 Å². The zero-order chi connectivity index (χ0) is 80.7. The molecular weight excluding hydrogens is 1520 g/mol. The average molecular weight is 1610 g/mol. The van der Waals surface area contributed by atoms with Crippen molar-refractivity contribution in [2.45, 2.75) is 152 Å². The number of nitrogens with one attached hydrogen (secondary N) is 11. The fourth-order valence-corrected chi connectivity index (χ4v) is 17.7. The molecule has 4 aromatic carbocycles. The molecule has 6 atom stereocenters. The van der Waals surface area contributed by atoms with E-state index in [2.05, 4.69) is 66.6 Å². The molecule has 0 saturated heterocycles. The van der Waals surface area contributed by atoms with E-state index in [1.54, 1.807) is 113 Å². The molecule has 17 N–H and O–H groups in total. The lowest BCUT2D eigenvalue weighted by Gasteiger charge is -2.38. The first kappa shape index (κ1) is 85.1. The van der Waals surface area contributed by atoms with E-state index in [1.165, 1.54) is 29.2 Å². The second kappa shape index (κ2) is 36.8. The number of imidazole rings is 2. The number of carbonyl (C=O) groups excluding carboxylic acids is 6. The third kappa shape index (κ3) is 23.5. The molecule has 0 spiro atoms. The number of carbonyl (C=O) groups is 8. The predicted octanol–water partition coefficient (Wildman–Crippen LogP) is 1.22. The van der Waals surface area contributed by atoms with Crippen molar-refractivity contribution >= 4 is 116 Å². The Labute approximate surface area is 633 Å². The number of carboxylic acids is 2. The van der Waals surface area contributed by atoms with E-state index in [0.717, 1.165) is 11.1 Å². The molecule has 3 aromatic heterocycles. The van der Waals surface area contributed by atoms with Crippen LogP contribution in [0, 0.1) is 41.5 Å². The van der Waals surface area contributed by atoms with Crippen molar-refractivity contribution in [1.82, 2.24) is 60.5 Å². The maximum Gasteiger partial charge on any atom is 0.323 e. The van der Waals surface area contributed by atoms with Crippen molar-refractivity contribution < 1.29 is 91.3 Å². The number of amides is 5. The number of aliphatic carboxylic acids is 2. The predicted molar refractivity (Wildman–Crippen MR) is 402 cm³/mol. The number of pyridine rings is 1. The normalized spacial score (nSPS) is 14.6. The molecule has 5 amide bonds. The Morgan fingerprint density at radius 3 is 1.68 bits per heavy atom. The van der Waals surface area contributed by atoms with Gasteiger partial charge < -0.3 is 72.6 Å². The lowest BCUT2D eigenvalue weighted by Crippen LogP contribution is -2.55. The van der Waals surface area contributed by atoms with Crippen molar-refractivity contribution in [3.05, 3.63) is 158 Å². The third-order valence-electron chi connectivity index (χ3n) is 17.8. The molecule has 37 nitrogen and oxygen atoms in total. The number of unbranched alkanes of at least 4 members (excludes halogenated alkanes) is 1. The van der Waals surface area contributed by atoms with Gasteiger partial charge in [0.15, 0.2) is 17.7 Å². The molecule has 7 aromatic rings. The standard InChI is InChI=1S/C69H88N16O21S4/c1-38-24-40(3)60(41(4)25-38)109(103,104)82-51(66(93)94)33-76-62(89)49-35-84(54-28-44(12-14-48(54)59(49)88)31-78-68-72-18-19-73-68)22-9-17-71-64(91)53(37-108(100,101)102)81-58(87)16-15-50(70)63(90)80-46(36-107(97,98)99)10-7-8-23-85-55-29-45(32-79-69-74-20-21-75-69)11-13-47(55)57(86)30-56(85)65(92)77-34-52(67(95)96)83-110(105,106)61-42(5)26-39(2)27-43(61)6/h11-14,18-21,24-29,35,46,50-53,56,82-83H,7-10,15-17,22-23,30-34,36-37,70H2,1-6H3,(H,71,91)(H,76,89)(H,77,92)(H,80,90)(H,81,87)(H,93,94)(H,95,96)(H2,72,73,78)(H2,74,75,79)(H,97,98,99)(H,100,101,102)/t46-,50+,51+,52+,53+,56?/m1/s1. The second-order valence-electron chi connectivity index (χ2n) is 26.7. The van der Waals surface area contributed by atoms with Crippen LogP contribution >= 0.6 is 0 Å². The highest BCUT2D eigenvalue weighted by molar-refractivity contribution is 7.90. The van der Waals surface area contributed by atoms with Gasteiger partial charge in [-0.3, -0.25) is 52.3 Å². The van der Waals surface area contributed by atoms with E-state index in [1.807, 2.05) is 0 Å². The van der Waals surface area contributed by atoms with Crippen LogP contribution in [0.25, 0.3) is 10.9 Å². The molecule has 4 heterocycles. The molecule has 1 unspecified atom stereocenters. The number of nitrogens with zero attached hydrogens (tertiary/aromatic N) is 4. The minimum Gasteiger partial charge on any atom is -0.480 e. The van der Waals surface area contributed by atoms with Crippen LogP contribution in [0.2, 0.25) is 0 Å². The van der Waals surface area contributed by atoms with Gasteiger partial charge >= 0.3 is 11.9 Å². The van der Waals surface area contributed by atoms with E-state index in [0.29, 0.717) is 45.3 Å². The minimum atomic E-state index is -5.00. The quantitative estimate of drug-likeness (QED) is 0.0190. The number of fused-ring (bicyclic) bond motifs is 2. The first-order valence-corrected chi connectivity index (χ1v) is 40.7.